The topological polar surface area (TPSA) is 88.8 Å². The second-order valence-corrected chi connectivity index (χ2v) is 6.98. The van der Waals surface area contributed by atoms with Crippen LogP contribution in [0, 0.1) is 6.92 Å². The number of carbonyl (C=O) groups is 2. The summed E-state index contributed by atoms with van der Waals surface area (Å²) < 4.78 is 11.2. The maximum atomic E-state index is 12.6. The van der Waals surface area contributed by atoms with Crippen molar-refractivity contribution >= 4 is 11.9 Å². The number of rotatable bonds is 4. The lowest BCUT2D eigenvalue weighted by molar-refractivity contribution is -0.136. The Bertz CT molecular complexity index is 600. The number of carboxylic acids is 1. The molecular formula is C16H23NO5. The lowest BCUT2D eigenvalue weighted by Gasteiger charge is -2.27. The van der Waals surface area contributed by atoms with Crippen molar-refractivity contribution < 1.29 is 23.8 Å². The maximum absolute atomic E-state index is 12.6. The van der Waals surface area contributed by atoms with Crippen molar-refractivity contribution in [1.82, 2.24) is 5.32 Å². The third-order valence-corrected chi connectivity index (χ3v) is 3.97. The van der Waals surface area contributed by atoms with Crippen LogP contribution in [0.25, 0.3) is 0 Å². The predicted octanol–water partition coefficient (Wildman–Crippen LogP) is 2.29. The van der Waals surface area contributed by atoms with Gasteiger partial charge in [0.25, 0.3) is 5.91 Å². The molecule has 1 saturated heterocycles. The first kappa shape index (κ1) is 16.5. The average Bonchev–Trinajstić information content (AvgIpc) is 2.75. The Morgan fingerprint density at radius 3 is 2.50 bits per heavy atom. The molecule has 2 rings (SSSR count). The number of ether oxygens (including phenoxy) is 1. The number of aryl methyl sites for hydroxylation is 1. The number of furan rings is 1. The van der Waals surface area contributed by atoms with Crippen molar-refractivity contribution in [2.24, 2.45) is 0 Å². The van der Waals surface area contributed by atoms with Crippen LogP contribution in [0.4, 0.5) is 0 Å². The first-order valence-corrected chi connectivity index (χ1v) is 7.31. The highest BCUT2D eigenvalue weighted by Crippen LogP contribution is 2.37. The number of hydrogen-bond acceptors (Lipinski definition) is 4. The quantitative estimate of drug-likeness (QED) is 0.891. The fourth-order valence-corrected chi connectivity index (χ4v) is 3.09. The van der Waals surface area contributed by atoms with Gasteiger partial charge in [0, 0.05) is 5.56 Å². The number of carboxylic acid groups (broad SMARTS) is 1. The zero-order valence-corrected chi connectivity index (χ0v) is 13.6. The van der Waals surface area contributed by atoms with Crippen LogP contribution in [0.15, 0.2) is 10.7 Å². The molecule has 2 heterocycles. The molecule has 0 radical (unpaired) electrons. The highest BCUT2D eigenvalue weighted by Gasteiger charge is 2.46. The Balaban J connectivity index is 2.20. The number of hydrogen-bond donors (Lipinski definition) is 2. The zero-order chi connectivity index (χ0) is 16.7. The molecule has 6 nitrogen and oxygen atoms in total. The van der Waals surface area contributed by atoms with Gasteiger partial charge in [-0.25, -0.2) is 0 Å². The molecule has 0 saturated carbocycles. The first-order valence-electron chi connectivity index (χ1n) is 7.31. The minimum Gasteiger partial charge on any atom is -0.481 e. The monoisotopic (exact) mass is 309 g/mol. The number of aliphatic carboxylic acids is 1. The molecule has 0 aliphatic carbocycles. The maximum Gasteiger partial charge on any atom is 0.311 e. The van der Waals surface area contributed by atoms with Gasteiger partial charge in [0.1, 0.15) is 12.2 Å². The van der Waals surface area contributed by atoms with Crippen molar-refractivity contribution in [3.05, 3.63) is 23.2 Å². The van der Waals surface area contributed by atoms with E-state index in [0.717, 1.165) is 0 Å². The second kappa shape index (κ2) is 5.43. The van der Waals surface area contributed by atoms with E-state index in [0.29, 0.717) is 17.5 Å². The van der Waals surface area contributed by atoms with Crippen molar-refractivity contribution in [1.29, 1.82) is 0 Å². The summed E-state index contributed by atoms with van der Waals surface area (Å²) in [6, 6.07) is -0.151. The molecule has 1 fully saturated rings. The van der Waals surface area contributed by atoms with Gasteiger partial charge in [-0.1, -0.05) is 0 Å². The summed E-state index contributed by atoms with van der Waals surface area (Å²) in [6.45, 7) is 9.57. The molecule has 1 aliphatic rings. The molecule has 0 bridgehead atoms. The Morgan fingerprint density at radius 1 is 1.36 bits per heavy atom. The number of nitrogens with one attached hydrogen (secondary N) is 1. The van der Waals surface area contributed by atoms with Gasteiger partial charge < -0.3 is 19.6 Å². The Kier molecular flexibility index (Phi) is 4.08. The zero-order valence-electron chi connectivity index (χ0n) is 13.6. The molecule has 6 heteroatoms. The van der Waals surface area contributed by atoms with Gasteiger partial charge >= 0.3 is 5.97 Å². The molecule has 0 spiro atoms. The summed E-state index contributed by atoms with van der Waals surface area (Å²) in [5.41, 5.74) is 0.147. The molecule has 1 aromatic heterocycles. The average molecular weight is 309 g/mol. The van der Waals surface area contributed by atoms with E-state index in [1.807, 2.05) is 27.7 Å². The molecule has 1 unspecified atom stereocenters. The summed E-state index contributed by atoms with van der Waals surface area (Å²) in [4.78, 5) is 23.4. The normalized spacial score (nSPS) is 22.5. The number of amides is 1. The molecular weight excluding hydrogens is 286 g/mol. The summed E-state index contributed by atoms with van der Waals surface area (Å²) in [7, 11) is 0. The molecule has 22 heavy (non-hydrogen) atoms. The van der Waals surface area contributed by atoms with Crippen LogP contribution in [0.5, 0.6) is 0 Å². The fraction of sp³-hybridized carbons (Fsp3) is 0.625. The van der Waals surface area contributed by atoms with E-state index >= 15 is 0 Å². The Morgan fingerprint density at radius 2 is 2.00 bits per heavy atom. The first-order chi connectivity index (χ1) is 10.0. The van der Waals surface area contributed by atoms with Crippen molar-refractivity contribution in [2.45, 2.75) is 64.7 Å². The second-order valence-electron chi connectivity index (χ2n) is 6.98. The van der Waals surface area contributed by atoms with E-state index < -0.39 is 11.6 Å². The van der Waals surface area contributed by atoms with E-state index in [4.69, 9.17) is 14.3 Å². The van der Waals surface area contributed by atoms with E-state index in [-0.39, 0.29) is 29.7 Å². The van der Waals surface area contributed by atoms with Crippen molar-refractivity contribution in [2.75, 3.05) is 0 Å². The van der Waals surface area contributed by atoms with Crippen molar-refractivity contribution in [3.63, 3.8) is 0 Å². The molecule has 1 amide bonds. The van der Waals surface area contributed by atoms with Crippen LogP contribution >= 0.6 is 0 Å². The SMILES string of the molecule is Cc1coc(CC(=O)O)c1C(=O)NC1CC(C)(C)OC1(C)C. The lowest BCUT2D eigenvalue weighted by Crippen LogP contribution is -2.46. The van der Waals surface area contributed by atoms with Gasteiger partial charge in [0.15, 0.2) is 0 Å². The third-order valence-electron chi connectivity index (χ3n) is 3.97. The van der Waals surface area contributed by atoms with E-state index in [2.05, 4.69) is 5.32 Å². The summed E-state index contributed by atoms with van der Waals surface area (Å²) >= 11 is 0. The summed E-state index contributed by atoms with van der Waals surface area (Å²) in [5.74, 6) is -1.17. The van der Waals surface area contributed by atoms with Crippen LogP contribution in [-0.2, 0) is 16.0 Å². The van der Waals surface area contributed by atoms with Crippen LogP contribution in [-0.4, -0.2) is 34.2 Å². The third kappa shape index (κ3) is 3.32. The molecule has 1 aliphatic heterocycles. The van der Waals surface area contributed by atoms with Crippen LogP contribution in [0.1, 0.15) is 55.8 Å². The van der Waals surface area contributed by atoms with E-state index in [1.54, 1.807) is 6.92 Å². The molecule has 1 atom stereocenters. The lowest BCUT2D eigenvalue weighted by atomic mass is 9.94. The van der Waals surface area contributed by atoms with Gasteiger partial charge in [-0.15, -0.1) is 0 Å². The van der Waals surface area contributed by atoms with E-state index in [9.17, 15) is 9.59 Å². The molecule has 2 N–H and O–H groups in total. The fourth-order valence-electron chi connectivity index (χ4n) is 3.09. The molecule has 1 aromatic rings. The van der Waals surface area contributed by atoms with Gasteiger partial charge in [0.05, 0.1) is 29.1 Å². The van der Waals surface area contributed by atoms with E-state index in [1.165, 1.54) is 6.26 Å². The highest BCUT2D eigenvalue weighted by atomic mass is 16.5. The minimum absolute atomic E-state index is 0.151. The minimum atomic E-state index is -1.03. The predicted molar refractivity (Wildman–Crippen MR) is 79.9 cm³/mol. The Hall–Kier alpha value is -1.82. The Labute approximate surface area is 129 Å². The van der Waals surface area contributed by atoms with Crippen molar-refractivity contribution in [3.8, 4) is 0 Å². The number of carbonyl (C=O) groups excluding carboxylic acids is 1. The van der Waals surface area contributed by atoms with Crippen LogP contribution in [0.2, 0.25) is 0 Å². The van der Waals surface area contributed by atoms with Crippen LogP contribution < -0.4 is 5.32 Å². The standard InChI is InChI=1S/C16H23NO5/c1-9-8-21-10(6-12(18)19)13(9)14(20)17-11-7-15(2,3)22-16(11,4)5/h8,11H,6-7H2,1-5H3,(H,17,20)(H,18,19). The molecule has 0 aromatic carbocycles. The van der Waals surface area contributed by atoms with Gasteiger partial charge in [-0.2, -0.15) is 0 Å². The smallest absolute Gasteiger partial charge is 0.311 e. The summed E-state index contributed by atoms with van der Waals surface area (Å²) in [5, 5.41) is 11.9. The van der Waals surface area contributed by atoms with Crippen LogP contribution in [0.3, 0.4) is 0 Å². The van der Waals surface area contributed by atoms with Gasteiger partial charge in [0.2, 0.25) is 0 Å². The van der Waals surface area contributed by atoms with Gasteiger partial charge in [-0.3, -0.25) is 9.59 Å². The highest BCUT2D eigenvalue weighted by molar-refractivity contribution is 5.97. The summed E-state index contributed by atoms with van der Waals surface area (Å²) in [6.07, 6.45) is 1.79. The molecule has 122 valence electrons. The largest absolute Gasteiger partial charge is 0.481 e. The van der Waals surface area contributed by atoms with Gasteiger partial charge in [-0.05, 0) is 41.0 Å².